The molecular weight excluding hydrogens is 148 g/mol. The number of Topliss-reactive ketones (excluding diaryl/α,β-unsaturated/α-hetero) is 1. The summed E-state index contributed by atoms with van der Waals surface area (Å²) in [5.41, 5.74) is 0. The molecule has 0 rings (SSSR count). The number of carboxylic acid groups (broad SMARTS) is 1. The molecule has 60 valence electrons. The first-order valence-corrected chi connectivity index (χ1v) is 2.91. The summed E-state index contributed by atoms with van der Waals surface area (Å²) in [4.78, 5) is 20.0. The molecule has 0 aromatic rings. The maximum Gasteiger partial charge on any atom is 0.251 e. The summed E-state index contributed by atoms with van der Waals surface area (Å²) >= 11 is 0. The van der Waals surface area contributed by atoms with E-state index < -0.39 is 11.8 Å². The number of methoxy groups -OCH3 is 1. The summed E-state index contributed by atoms with van der Waals surface area (Å²) in [6.07, 6.45) is 0.343. The van der Waals surface area contributed by atoms with Crippen molar-refractivity contribution in [3.05, 3.63) is 0 Å². The van der Waals surface area contributed by atoms with E-state index in [9.17, 15) is 14.7 Å². The number of ether oxygens (including phenoxy) is 1. The van der Waals surface area contributed by atoms with Gasteiger partial charge in [0.1, 0.15) is 5.97 Å². The molecule has 0 fully saturated rings. The van der Waals surface area contributed by atoms with E-state index in [4.69, 9.17) is 0 Å². The summed E-state index contributed by atoms with van der Waals surface area (Å²) in [6, 6.07) is 0. The monoisotopic (exact) mass is 155 g/mol. The zero-order valence-electron chi connectivity index (χ0n) is 6.05. The molecule has 0 aromatic carbocycles. The summed E-state index contributed by atoms with van der Waals surface area (Å²) in [5, 5.41) is 9.77. The number of carboxylic acids is 1. The molecule has 0 saturated carbocycles. The quantitative estimate of drug-likeness (QED) is 0.212. The van der Waals surface area contributed by atoms with Gasteiger partial charge in [-0.2, -0.15) is 0 Å². The largest absolute Gasteiger partial charge is 0.541 e. The second-order valence-electron chi connectivity index (χ2n) is 1.66. The zero-order valence-corrected chi connectivity index (χ0v) is 6.05. The predicted octanol–water partition coefficient (Wildman–Crippen LogP) is -1.65. The van der Waals surface area contributed by atoms with E-state index in [1.807, 2.05) is 5.92 Å². The zero-order chi connectivity index (χ0) is 8.69. The van der Waals surface area contributed by atoms with Gasteiger partial charge in [0.05, 0.1) is 6.61 Å². The van der Waals surface area contributed by atoms with Gasteiger partial charge in [0, 0.05) is 13.5 Å². The van der Waals surface area contributed by atoms with Gasteiger partial charge in [-0.1, -0.05) is 5.92 Å². The van der Waals surface area contributed by atoms with Gasteiger partial charge < -0.3 is 14.6 Å². The molecule has 0 saturated heterocycles. The number of hydrogen-bond donors (Lipinski definition) is 0. The van der Waals surface area contributed by atoms with Crippen LogP contribution in [0, 0.1) is 11.8 Å². The third-order valence-corrected chi connectivity index (χ3v) is 0.819. The van der Waals surface area contributed by atoms with Crippen LogP contribution in [0.2, 0.25) is 0 Å². The van der Waals surface area contributed by atoms with Crippen LogP contribution in [0.25, 0.3) is 0 Å². The molecule has 0 spiro atoms. The van der Waals surface area contributed by atoms with Crippen molar-refractivity contribution < 1.29 is 19.4 Å². The van der Waals surface area contributed by atoms with Gasteiger partial charge in [-0.25, -0.2) is 0 Å². The first-order valence-electron chi connectivity index (χ1n) is 2.91. The highest BCUT2D eigenvalue weighted by Crippen LogP contribution is 1.75. The highest BCUT2D eigenvalue weighted by Gasteiger charge is 1.93. The number of carbonyl (C=O) groups is 2. The molecule has 0 heterocycles. The van der Waals surface area contributed by atoms with Crippen LogP contribution >= 0.6 is 0 Å². The van der Waals surface area contributed by atoms with Crippen molar-refractivity contribution >= 4 is 11.8 Å². The van der Waals surface area contributed by atoms with E-state index in [-0.39, 0.29) is 0 Å². The van der Waals surface area contributed by atoms with Crippen molar-refractivity contribution in [1.29, 1.82) is 0 Å². The van der Waals surface area contributed by atoms with Crippen molar-refractivity contribution in [2.24, 2.45) is 0 Å². The molecule has 11 heavy (non-hydrogen) atoms. The highest BCUT2D eigenvalue weighted by molar-refractivity contribution is 6.39. The fourth-order valence-electron chi connectivity index (χ4n) is 0.347. The predicted molar refractivity (Wildman–Crippen MR) is 34.3 cm³/mol. The molecule has 0 unspecified atom stereocenters. The van der Waals surface area contributed by atoms with Gasteiger partial charge >= 0.3 is 0 Å². The summed E-state index contributed by atoms with van der Waals surface area (Å²) in [7, 11) is 1.49. The molecule has 0 bridgehead atoms. The van der Waals surface area contributed by atoms with E-state index in [2.05, 4.69) is 10.7 Å². The highest BCUT2D eigenvalue weighted by atomic mass is 16.5. The van der Waals surface area contributed by atoms with E-state index in [0.717, 1.165) is 0 Å². The van der Waals surface area contributed by atoms with Gasteiger partial charge in [-0.15, -0.1) is 0 Å². The number of carbonyl (C=O) groups excluding carboxylic acids is 2. The lowest BCUT2D eigenvalue weighted by atomic mass is 10.3. The molecule has 0 aliphatic rings. The standard InChI is InChI=1S/C7H8O4/c1-11-5-3-2-4-6(8)7(9)10/h3,5H2,1H3,(H,9,10)/p-1. The van der Waals surface area contributed by atoms with Crippen molar-refractivity contribution in [1.82, 2.24) is 0 Å². The van der Waals surface area contributed by atoms with Gasteiger partial charge in [0.15, 0.2) is 0 Å². The van der Waals surface area contributed by atoms with E-state index in [1.165, 1.54) is 7.11 Å². The minimum absolute atomic E-state index is 0.343. The van der Waals surface area contributed by atoms with E-state index >= 15 is 0 Å². The third kappa shape index (κ3) is 5.12. The summed E-state index contributed by atoms with van der Waals surface area (Å²) in [6.45, 7) is 0.382. The van der Waals surface area contributed by atoms with Crippen molar-refractivity contribution in [3.63, 3.8) is 0 Å². The second-order valence-corrected chi connectivity index (χ2v) is 1.66. The van der Waals surface area contributed by atoms with Crippen LogP contribution in [0.1, 0.15) is 6.42 Å². The maximum absolute atomic E-state index is 10.2. The average Bonchev–Trinajstić information content (AvgIpc) is 1.97. The molecular formula is C7H7O4-. The minimum Gasteiger partial charge on any atom is -0.541 e. The Morgan fingerprint density at radius 2 is 2.18 bits per heavy atom. The first-order chi connectivity index (χ1) is 5.18. The summed E-state index contributed by atoms with van der Waals surface area (Å²) in [5.74, 6) is 1.25. The molecule has 4 heteroatoms. The Kier molecular flexibility index (Phi) is 4.78. The normalized spacial score (nSPS) is 8.09. The van der Waals surface area contributed by atoms with Gasteiger partial charge in [-0.3, -0.25) is 4.79 Å². The average molecular weight is 155 g/mol. The van der Waals surface area contributed by atoms with Crippen LogP contribution in [-0.2, 0) is 14.3 Å². The molecule has 4 nitrogen and oxygen atoms in total. The molecule has 0 amide bonds. The fourth-order valence-corrected chi connectivity index (χ4v) is 0.347. The topological polar surface area (TPSA) is 66.4 Å². The van der Waals surface area contributed by atoms with Gasteiger partial charge in [0.2, 0.25) is 0 Å². The third-order valence-electron chi connectivity index (χ3n) is 0.819. The first kappa shape index (κ1) is 9.66. The maximum atomic E-state index is 10.2. The van der Waals surface area contributed by atoms with Crippen LogP contribution in [0.4, 0.5) is 0 Å². The van der Waals surface area contributed by atoms with Crippen molar-refractivity contribution in [2.45, 2.75) is 6.42 Å². The van der Waals surface area contributed by atoms with E-state index in [1.54, 1.807) is 0 Å². The lowest BCUT2D eigenvalue weighted by Crippen LogP contribution is -2.30. The Morgan fingerprint density at radius 3 is 2.64 bits per heavy atom. The summed E-state index contributed by atoms with van der Waals surface area (Å²) < 4.78 is 4.61. The number of hydrogen-bond acceptors (Lipinski definition) is 4. The Bertz CT molecular complexity index is 208. The lowest BCUT2D eigenvalue weighted by Gasteiger charge is -1.89. The smallest absolute Gasteiger partial charge is 0.251 e. The van der Waals surface area contributed by atoms with Crippen molar-refractivity contribution in [2.75, 3.05) is 13.7 Å². The second kappa shape index (κ2) is 5.45. The number of aliphatic carboxylic acids is 1. The Labute approximate surface area is 64.2 Å². The lowest BCUT2D eigenvalue weighted by molar-refractivity contribution is -0.299. The van der Waals surface area contributed by atoms with Crippen LogP contribution in [0.15, 0.2) is 0 Å². The number of rotatable bonds is 3. The molecule has 0 aliphatic carbocycles. The van der Waals surface area contributed by atoms with Gasteiger partial charge in [0.25, 0.3) is 5.78 Å². The fraction of sp³-hybridized carbons (Fsp3) is 0.429. The van der Waals surface area contributed by atoms with Crippen LogP contribution < -0.4 is 5.11 Å². The van der Waals surface area contributed by atoms with Crippen LogP contribution in [0.5, 0.6) is 0 Å². The molecule has 0 aromatic heterocycles. The molecule has 0 N–H and O–H groups in total. The molecule has 0 aliphatic heterocycles. The molecule has 0 atom stereocenters. The Morgan fingerprint density at radius 1 is 1.55 bits per heavy atom. The molecule has 0 radical (unpaired) electrons. The Hall–Kier alpha value is -1.34. The number of ketones is 1. The van der Waals surface area contributed by atoms with Crippen molar-refractivity contribution in [3.8, 4) is 11.8 Å². The van der Waals surface area contributed by atoms with E-state index in [0.29, 0.717) is 13.0 Å². The van der Waals surface area contributed by atoms with Crippen LogP contribution in [0.3, 0.4) is 0 Å². The minimum atomic E-state index is -1.77. The van der Waals surface area contributed by atoms with Gasteiger partial charge in [-0.05, 0) is 5.92 Å². The Balaban J connectivity index is 3.69. The van der Waals surface area contributed by atoms with Crippen LogP contribution in [-0.4, -0.2) is 25.5 Å². The SMILES string of the molecule is COCCC#CC(=O)C(=O)[O-].